The summed E-state index contributed by atoms with van der Waals surface area (Å²) in [6.45, 7) is 10.1. The average molecular weight is 332 g/mol. The first-order chi connectivity index (χ1) is 11.5. The van der Waals surface area contributed by atoms with Crippen molar-refractivity contribution in [2.75, 3.05) is 25.0 Å². The molecule has 0 spiro atoms. The van der Waals surface area contributed by atoms with Crippen molar-refractivity contribution < 1.29 is 14.8 Å². The molecule has 6 nitrogen and oxygen atoms in total. The quantitative estimate of drug-likeness (QED) is 0.545. The number of nitro groups is 1. The highest BCUT2D eigenvalue weighted by atomic mass is 16.6. The molecule has 0 aliphatic heterocycles. The largest absolute Gasteiger partial charge is 0.382 e. The number of rotatable bonds is 9. The van der Waals surface area contributed by atoms with Gasteiger partial charge in [0.05, 0.1) is 35.6 Å². The van der Waals surface area contributed by atoms with Crippen LogP contribution in [0.5, 0.6) is 0 Å². The first-order valence-corrected chi connectivity index (χ1v) is 8.74. The van der Waals surface area contributed by atoms with Crippen LogP contribution in [-0.2, 0) is 0 Å². The van der Waals surface area contributed by atoms with E-state index in [-0.39, 0.29) is 10.6 Å². The maximum absolute atomic E-state index is 11.0. The van der Waals surface area contributed by atoms with Gasteiger partial charge in [-0.3, -0.25) is 10.1 Å². The van der Waals surface area contributed by atoms with E-state index < -0.39 is 0 Å². The number of non-ortho nitro benzene ring substituents is 1. The molecule has 0 aliphatic rings. The molecule has 24 heavy (non-hydrogen) atoms. The highest BCUT2D eigenvalue weighted by Gasteiger charge is 2.14. The van der Waals surface area contributed by atoms with Crippen LogP contribution in [-0.4, -0.2) is 30.6 Å². The third-order valence-electron chi connectivity index (χ3n) is 4.56. The summed E-state index contributed by atoms with van der Waals surface area (Å²) in [5.74, 6) is 0. The summed E-state index contributed by atoms with van der Waals surface area (Å²) in [4.78, 5) is 15.4. The van der Waals surface area contributed by atoms with Crippen molar-refractivity contribution in [2.24, 2.45) is 0 Å². The number of nitrogens with one attached hydrogen (secondary N) is 3. The number of aromatic nitrogens is 1. The first-order valence-electron chi connectivity index (χ1n) is 8.74. The zero-order chi connectivity index (χ0) is 17.5. The second-order valence-electron chi connectivity index (χ2n) is 6.27. The van der Waals surface area contributed by atoms with Crippen LogP contribution in [0.3, 0.4) is 0 Å². The lowest BCUT2D eigenvalue weighted by Gasteiger charge is -2.18. The van der Waals surface area contributed by atoms with Crippen molar-refractivity contribution in [3.63, 3.8) is 0 Å². The lowest BCUT2D eigenvalue weighted by atomic mass is 10.1. The van der Waals surface area contributed by atoms with Gasteiger partial charge in [0.15, 0.2) is 6.20 Å². The van der Waals surface area contributed by atoms with Gasteiger partial charge in [-0.05, 0) is 33.6 Å². The minimum Gasteiger partial charge on any atom is -0.382 e. The molecule has 0 unspecified atom stereocenters. The molecule has 0 saturated carbocycles. The van der Waals surface area contributed by atoms with Crippen LogP contribution >= 0.6 is 0 Å². The van der Waals surface area contributed by atoms with Crippen LogP contribution in [0.2, 0.25) is 0 Å². The lowest BCUT2D eigenvalue weighted by Crippen LogP contribution is -3.11. The molecule has 0 aliphatic carbocycles. The van der Waals surface area contributed by atoms with Gasteiger partial charge in [-0.1, -0.05) is 0 Å². The summed E-state index contributed by atoms with van der Waals surface area (Å²) < 4.78 is 0. The number of aromatic amines is 1. The number of H-pyrrole nitrogens is 1. The predicted octanol–water partition coefficient (Wildman–Crippen LogP) is 2.07. The average Bonchev–Trinajstić information content (AvgIpc) is 2.58. The predicted molar refractivity (Wildman–Crippen MR) is 96.4 cm³/mol. The SMILES string of the molecule is CC[NH+](CC)CCC[C@H](C)Nc1cc[nH+]c2ccc([N+](=O)[O-])cc12. The standard InChI is InChI=1S/C18H26N4O2/c1-4-21(5-2)12-6-7-14(3)20-18-10-11-19-17-9-8-15(22(23)24)13-16(17)18/h8-11,13-14H,4-7,12H2,1-3H3,(H,19,20)/p+2/t14-/m0/s1. The Hall–Kier alpha value is -2.21. The van der Waals surface area contributed by atoms with Gasteiger partial charge in [0.25, 0.3) is 5.69 Å². The molecule has 0 amide bonds. The third kappa shape index (κ3) is 4.64. The fraction of sp³-hybridized carbons (Fsp3) is 0.500. The number of nitrogens with zero attached hydrogens (tertiary/aromatic N) is 1. The molecule has 1 heterocycles. The van der Waals surface area contributed by atoms with Gasteiger partial charge in [0, 0.05) is 30.3 Å². The maximum Gasteiger partial charge on any atom is 0.270 e. The van der Waals surface area contributed by atoms with E-state index in [0.29, 0.717) is 6.04 Å². The smallest absolute Gasteiger partial charge is 0.270 e. The Bertz CT molecular complexity index is 686. The number of hydrogen-bond acceptors (Lipinski definition) is 3. The molecule has 1 aromatic carbocycles. The zero-order valence-corrected chi connectivity index (χ0v) is 14.8. The molecule has 1 atom stereocenters. The summed E-state index contributed by atoms with van der Waals surface area (Å²) in [5, 5.41) is 15.4. The molecule has 130 valence electrons. The van der Waals surface area contributed by atoms with E-state index in [1.54, 1.807) is 17.0 Å². The number of anilines is 1. The second-order valence-corrected chi connectivity index (χ2v) is 6.27. The summed E-state index contributed by atoms with van der Waals surface area (Å²) >= 11 is 0. The Morgan fingerprint density at radius 1 is 1.29 bits per heavy atom. The Labute approximate surface area is 143 Å². The van der Waals surface area contributed by atoms with Crippen molar-refractivity contribution in [3.05, 3.63) is 40.6 Å². The molecular formula is C18H28N4O2+2. The van der Waals surface area contributed by atoms with Gasteiger partial charge < -0.3 is 10.2 Å². The molecule has 0 saturated heterocycles. The van der Waals surface area contributed by atoms with Gasteiger partial charge in [-0.15, -0.1) is 0 Å². The molecule has 2 aromatic rings. The lowest BCUT2D eigenvalue weighted by molar-refractivity contribution is -0.896. The minimum absolute atomic E-state index is 0.114. The van der Waals surface area contributed by atoms with Crippen molar-refractivity contribution in [1.29, 1.82) is 0 Å². The maximum atomic E-state index is 11.0. The minimum atomic E-state index is -0.355. The van der Waals surface area contributed by atoms with Crippen LogP contribution < -0.4 is 15.2 Å². The molecule has 3 N–H and O–H groups in total. The number of pyridine rings is 1. The first kappa shape index (κ1) is 18.1. The number of hydrogen-bond donors (Lipinski definition) is 2. The summed E-state index contributed by atoms with van der Waals surface area (Å²) in [7, 11) is 0. The zero-order valence-electron chi connectivity index (χ0n) is 14.8. The van der Waals surface area contributed by atoms with Crippen LogP contribution in [0.4, 0.5) is 11.4 Å². The normalized spacial score (nSPS) is 12.5. The number of quaternary nitrogens is 1. The van der Waals surface area contributed by atoms with Crippen LogP contribution in [0, 0.1) is 10.1 Å². The molecule has 0 fully saturated rings. The topological polar surface area (TPSA) is 73.8 Å². The van der Waals surface area contributed by atoms with Gasteiger partial charge in [0.2, 0.25) is 5.52 Å². The molecule has 6 heteroatoms. The Morgan fingerprint density at radius 3 is 2.71 bits per heavy atom. The second kappa shape index (κ2) is 8.59. The van der Waals surface area contributed by atoms with Crippen LogP contribution in [0.25, 0.3) is 10.9 Å². The van der Waals surface area contributed by atoms with Crippen LogP contribution in [0.15, 0.2) is 30.5 Å². The van der Waals surface area contributed by atoms with Gasteiger partial charge in [-0.2, -0.15) is 0 Å². The van der Waals surface area contributed by atoms with Gasteiger partial charge >= 0.3 is 0 Å². The van der Waals surface area contributed by atoms with Crippen molar-refractivity contribution >= 4 is 22.3 Å². The van der Waals surface area contributed by atoms with E-state index in [1.165, 1.54) is 32.1 Å². The molecule has 0 bridgehead atoms. The van der Waals surface area contributed by atoms with E-state index in [9.17, 15) is 10.1 Å². The summed E-state index contributed by atoms with van der Waals surface area (Å²) in [6, 6.07) is 7.18. The van der Waals surface area contributed by atoms with Crippen molar-refractivity contribution in [1.82, 2.24) is 0 Å². The number of fused-ring (bicyclic) bond motifs is 1. The fourth-order valence-corrected chi connectivity index (χ4v) is 3.02. The monoisotopic (exact) mass is 332 g/mol. The number of nitro benzene ring substituents is 1. The van der Waals surface area contributed by atoms with E-state index >= 15 is 0 Å². The molecule has 0 radical (unpaired) electrons. The van der Waals surface area contributed by atoms with E-state index in [0.717, 1.165) is 23.0 Å². The van der Waals surface area contributed by atoms with Crippen molar-refractivity contribution in [2.45, 2.75) is 39.7 Å². The van der Waals surface area contributed by atoms with E-state index in [1.807, 2.05) is 12.3 Å². The molecule has 1 aromatic heterocycles. The van der Waals surface area contributed by atoms with Crippen LogP contribution in [0.1, 0.15) is 33.6 Å². The Morgan fingerprint density at radius 2 is 2.04 bits per heavy atom. The molecule has 2 rings (SSSR count). The number of benzene rings is 1. The highest BCUT2D eigenvalue weighted by Crippen LogP contribution is 2.25. The summed E-state index contributed by atoms with van der Waals surface area (Å²) in [6.07, 6.45) is 4.12. The van der Waals surface area contributed by atoms with Crippen molar-refractivity contribution in [3.8, 4) is 0 Å². The van der Waals surface area contributed by atoms with Gasteiger partial charge in [-0.25, -0.2) is 4.98 Å². The van der Waals surface area contributed by atoms with E-state index in [4.69, 9.17) is 0 Å². The molecular weight excluding hydrogens is 304 g/mol. The Kier molecular flexibility index (Phi) is 6.49. The Balaban J connectivity index is 2.05. The van der Waals surface area contributed by atoms with Gasteiger partial charge in [0.1, 0.15) is 0 Å². The van der Waals surface area contributed by atoms with E-state index in [2.05, 4.69) is 31.1 Å². The summed E-state index contributed by atoms with van der Waals surface area (Å²) in [5.41, 5.74) is 1.95. The highest BCUT2D eigenvalue weighted by molar-refractivity contribution is 5.90. The third-order valence-corrected chi connectivity index (χ3v) is 4.56. The fourth-order valence-electron chi connectivity index (χ4n) is 3.02.